The Morgan fingerprint density at radius 2 is 1.90 bits per heavy atom. The molecule has 0 bridgehead atoms. The number of aromatic nitrogens is 2. The van der Waals surface area contributed by atoms with Gasteiger partial charge in [-0.1, -0.05) is 29.8 Å². The number of amides is 1. The minimum atomic E-state index is -0.0611. The Bertz CT molecular complexity index is 979. The summed E-state index contributed by atoms with van der Waals surface area (Å²) in [6.45, 7) is 7.44. The predicted octanol–water partition coefficient (Wildman–Crippen LogP) is 3.26. The van der Waals surface area contributed by atoms with Crippen molar-refractivity contribution in [2.45, 2.75) is 20.4 Å². The van der Waals surface area contributed by atoms with Gasteiger partial charge in [0.1, 0.15) is 5.82 Å². The third-order valence-corrected chi connectivity index (χ3v) is 5.00. The van der Waals surface area contributed by atoms with Crippen molar-refractivity contribution in [3.8, 4) is 0 Å². The van der Waals surface area contributed by atoms with Crippen molar-refractivity contribution in [1.82, 2.24) is 14.9 Å². The highest BCUT2D eigenvalue weighted by Gasteiger charge is 2.24. The molecule has 0 saturated carbocycles. The van der Waals surface area contributed by atoms with Gasteiger partial charge in [-0.3, -0.25) is 4.79 Å². The van der Waals surface area contributed by atoms with Gasteiger partial charge in [0.2, 0.25) is 5.95 Å². The maximum atomic E-state index is 12.4. The second kappa shape index (κ2) is 8.34. The van der Waals surface area contributed by atoms with Crippen LogP contribution >= 0.6 is 0 Å². The molecule has 7 heteroatoms. The van der Waals surface area contributed by atoms with Gasteiger partial charge >= 0.3 is 0 Å². The van der Waals surface area contributed by atoms with Crippen LogP contribution in [0.2, 0.25) is 0 Å². The molecule has 0 aliphatic carbocycles. The van der Waals surface area contributed by atoms with Gasteiger partial charge in [-0.05, 0) is 31.5 Å². The highest BCUT2D eigenvalue weighted by Crippen LogP contribution is 2.18. The fraction of sp³-hybridized carbons (Fsp3) is 0.318. The summed E-state index contributed by atoms with van der Waals surface area (Å²) in [4.78, 5) is 25.7. The number of carbonyl (C=O) groups is 1. The quantitative estimate of drug-likeness (QED) is 0.720. The van der Waals surface area contributed by atoms with Crippen LogP contribution in [0.15, 0.2) is 53.1 Å². The maximum absolute atomic E-state index is 12.4. The number of anilines is 2. The molecule has 0 unspecified atom stereocenters. The van der Waals surface area contributed by atoms with E-state index < -0.39 is 0 Å². The number of aryl methyl sites for hydroxylation is 2. The summed E-state index contributed by atoms with van der Waals surface area (Å²) in [5, 5.41) is 3.33. The summed E-state index contributed by atoms with van der Waals surface area (Å²) >= 11 is 0. The summed E-state index contributed by atoms with van der Waals surface area (Å²) in [6.07, 6.45) is 1.53. The lowest BCUT2D eigenvalue weighted by molar-refractivity contribution is 0.0714. The monoisotopic (exact) mass is 391 g/mol. The van der Waals surface area contributed by atoms with Crippen LogP contribution < -0.4 is 10.2 Å². The number of nitrogens with zero attached hydrogens (tertiary/aromatic N) is 4. The molecule has 2 aromatic heterocycles. The van der Waals surface area contributed by atoms with Crippen molar-refractivity contribution in [3.63, 3.8) is 0 Å². The molecule has 0 atom stereocenters. The minimum Gasteiger partial charge on any atom is -0.459 e. The number of nitrogens with one attached hydrogen (secondary N) is 1. The lowest BCUT2D eigenvalue weighted by Crippen LogP contribution is -2.49. The normalized spacial score (nSPS) is 14.1. The zero-order chi connectivity index (χ0) is 20.2. The minimum absolute atomic E-state index is 0.0611. The van der Waals surface area contributed by atoms with Crippen LogP contribution in [0, 0.1) is 13.8 Å². The summed E-state index contributed by atoms with van der Waals surface area (Å²) in [5.74, 6) is 1.83. The number of hydrogen-bond acceptors (Lipinski definition) is 6. The number of carbonyl (C=O) groups excluding carboxylic acids is 1. The van der Waals surface area contributed by atoms with Crippen LogP contribution in [0.4, 0.5) is 11.8 Å². The van der Waals surface area contributed by atoms with Crippen LogP contribution in [0.3, 0.4) is 0 Å². The molecule has 1 fully saturated rings. The summed E-state index contributed by atoms with van der Waals surface area (Å²) in [7, 11) is 0. The van der Waals surface area contributed by atoms with Crippen molar-refractivity contribution >= 4 is 17.7 Å². The Balaban J connectivity index is 1.39. The van der Waals surface area contributed by atoms with E-state index in [-0.39, 0.29) is 5.91 Å². The topological polar surface area (TPSA) is 74.5 Å². The molecule has 1 amide bonds. The lowest BCUT2D eigenvalue weighted by atomic mass is 10.1. The van der Waals surface area contributed by atoms with Crippen LogP contribution in [0.1, 0.15) is 27.4 Å². The van der Waals surface area contributed by atoms with Gasteiger partial charge in [0.25, 0.3) is 5.91 Å². The van der Waals surface area contributed by atoms with E-state index in [9.17, 15) is 4.79 Å². The first kappa shape index (κ1) is 19.0. The number of benzene rings is 1. The standard InChI is InChI=1S/C22H25N5O2/c1-16-5-3-6-18(13-16)15-23-22-24-17(2)14-20(25-22)26-8-10-27(11-9-26)21(28)19-7-4-12-29-19/h3-7,12-14H,8-11,15H2,1-2H3,(H,23,24,25). The zero-order valence-corrected chi connectivity index (χ0v) is 16.8. The molecule has 29 heavy (non-hydrogen) atoms. The van der Waals surface area contributed by atoms with E-state index in [0.717, 1.165) is 24.6 Å². The van der Waals surface area contributed by atoms with Crippen molar-refractivity contribution < 1.29 is 9.21 Å². The Morgan fingerprint density at radius 1 is 1.07 bits per heavy atom. The van der Waals surface area contributed by atoms with Crippen LogP contribution in [-0.4, -0.2) is 47.0 Å². The lowest BCUT2D eigenvalue weighted by Gasteiger charge is -2.35. The fourth-order valence-corrected chi connectivity index (χ4v) is 3.49. The number of piperazine rings is 1. The molecular formula is C22H25N5O2. The number of rotatable bonds is 5. The highest BCUT2D eigenvalue weighted by atomic mass is 16.3. The third-order valence-electron chi connectivity index (χ3n) is 5.00. The zero-order valence-electron chi connectivity index (χ0n) is 16.8. The molecule has 1 N–H and O–H groups in total. The van der Waals surface area contributed by atoms with E-state index in [1.807, 2.05) is 17.9 Å². The van der Waals surface area contributed by atoms with Crippen LogP contribution in [0.5, 0.6) is 0 Å². The first-order valence-electron chi connectivity index (χ1n) is 9.81. The first-order chi connectivity index (χ1) is 14.1. The van der Waals surface area contributed by atoms with Gasteiger partial charge in [0, 0.05) is 44.5 Å². The Morgan fingerprint density at radius 3 is 2.62 bits per heavy atom. The molecule has 7 nitrogen and oxygen atoms in total. The fourth-order valence-electron chi connectivity index (χ4n) is 3.49. The van der Waals surface area contributed by atoms with Crippen molar-refractivity contribution in [3.05, 3.63) is 71.3 Å². The molecule has 150 valence electrons. The molecule has 1 saturated heterocycles. The Labute approximate surface area is 170 Å². The largest absolute Gasteiger partial charge is 0.459 e. The van der Waals surface area contributed by atoms with Gasteiger partial charge in [0.05, 0.1) is 6.26 Å². The van der Waals surface area contributed by atoms with Crippen molar-refractivity contribution in [2.75, 3.05) is 36.4 Å². The molecule has 1 aliphatic rings. The average molecular weight is 391 g/mol. The molecule has 0 spiro atoms. The number of hydrogen-bond donors (Lipinski definition) is 1. The maximum Gasteiger partial charge on any atom is 0.289 e. The van der Waals surface area contributed by atoms with E-state index in [1.54, 1.807) is 12.1 Å². The Hall–Kier alpha value is -3.35. The van der Waals surface area contributed by atoms with Crippen LogP contribution in [0.25, 0.3) is 0 Å². The van der Waals surface area contributed by atoms with Gasteiger partial charge in [-0.2, -0.15) is 4.98 Å². The molecule has 0 radical (unpaired) electrons. The Kier molecular flexibility index (Phi) is 5.46. The smallest absolute Gasteiger partial charge is 0.289 e. The highest BCUT2D eigenvalue weighted by molar-refractivity contribution is 5.91. The first-order valence-corrected chi connectivity index (χ1v) is 9.81. The summed E-state index contributed by atoms with van der Waals surface area (Å²) in [5.41, 5.74) is 3.34. The molecule has 3 aromatic rings. The summed E-state index contributed by atoms with van der Waals surface area (Å²) < 4.78 is 5.23. The van der Waals surface area contributed by atoms with E-state index in [2.05, 4.69) is 46.4 Å². The second-order valence-corrected chi connectivity index (χ2v) is 7.29. The SMILES string of the molecule is Cc1cccc(CNc2nc(C)cc(N3CCN(C(=O)c4ccco4)CC3)n2)c1. The van der Waals surface area contributed by atoms with Gasteiger partial charge in [0.15, 0.2) is 5.76 Å². The third kappa shape index (κ3) is 4.56. The van der Waals surface area contributed by atoms with Crippen LogP contribution in [-0.2, 0) is 6.54 Å². The summed E-state index contributed by atoms with van der Waals surface area (Å²) in [6, 6.07) is 13.8. The molecule has 4 rings (SSSR count). The molecule has 1 aromatic carbocycles. The van der Waals surface area contributed by atoms with Gasteiger partial charge < -0.3 is 19.5 Å². The van der Waals surface area contributed by atoms with E-state index in [1.165, 1.54) is 17.4 Å². The molecular weight excluding hydrogens is 366 g/mol. The van der Waals surface area contributed by atoms with Gasteiger partial charge in [-0.15, -0.1) is 0 Å². The van der Waals surface area contributed by atoms with Crippen molar-refractivity contribution in [2.24, 2.45) is 0 Å². The predicted molar refractivity (Wildman–Crippen MR) is 112 cm³/mol. The van der Waals surface area contributed by atoms with E-state index in [4.69, 9.17) is 9.40 Å². The average Bonchev–Trinajstić information content (AvgIpc) is 3.26. The van der Waals surface area contributed by atoms with E-state index in [0.29, 0.717) is 31.3 Å². The van der Waals surface area contributed by atoms with E-state index >= 15 is 0 Å². The van der Waals surface area contributed by atoms with Crippen molar-refractivity contribution in [1.29, 1.82) is 0 Å². The van der Waals surface area contributed by atoms with Gasteiger partial charge in [-0.25, -0.2) is 4.98 Å². The molecule has 3 heterocycles. The second-order valence-electron chi connectivity index (χ2n) is 7.29. The number of furan rings is 1. The molecule has 1 aliphatic heterocycles.